The molecule has 0 spiro atoms. The van der Waals surface area contributed by atoms with E-state index < -0.39 is 41.0 Å². The van der Waals surface area contributed by atoms with Gasteiger partial charge in [0, 0.05) is 22.6 Å². The molecule has 13 heteroatoms. The predicted molar refractivity (Wildman–Crippen MR) is 173 cm³/mol. The number of carbonyl (C=O) groups is 2. The number of methoxy groups -OCH3 is 1. The van der Waals surface area contributed by atoms with Crippen LogP contribution in [0.15, 0.2) is 87.8 Å². The molecule has 1 aliphatic rings. The molecule has 246 valence electrons. The van der Waals surface area contributed by atoms with E-state index in [1.54, 1.807) is 54.6 Å². The van der Waals surface area contributed by atoms with E-state index in [0.717, 1.165) is 21.6 Å². The van der Waals surface area contributed by atoms with Crippen LogP contribution in [0.5, 0.6) is 5.75 Å². The van der Waals surface area contributed by atoms with Crippen LogP contribution in [0.1, 0.15) is 45.8 Å². The number of carbonyl (C=O) groups excluding carboxylic acids is 1. The Morgan fingerprint density at radius 1 is 1.06 bits per heavy atom. The molecule has 0 bridgehead atoms. The third-order valence-electron chi connectivity index (χ3n) is 8.15. The molecule has 3 heterocycles. The molecule has 1 N–H and O–H groups in total. The van der Waals surface area contributed by atoms with Crippen molar-refractivity contribution in [2.75, 3.05) is 13.7 Å². The molecule has 3 aromatic carbocycles. The molecule has 0 unspecified atom stereocenters. The number of hydrogen-bond acceptors (Lipinski definition) is 7. The maximum atomic E-state index is 14.7. The summed E-state index contributed by atoms with van der Waals surface area (Å²) in [6.07, 6.45) is -3.48. The van der Waals surface area contributed by atoms with Crippen LogP contribution < -0.4 is 19.6 Å². The Kier molecular flexibility index (Phi) is 8.33. The second kappa shape index (κ2) is 12.3. The summed E-state index contributed by atoms with van der Waals surface area (Å²) < 4.78 is 58.1. The van der Waals surface area contributed by atoms with Crippen molar-refractivity contribution in [1.29, 1.82) is 0 Å². The monoisotopic (exact) mass is 675 g/mol. The van der Waals surface area contributed by atoms with Crippen molar-refractivity contribution in [1.82, 2.24) is 9.13 Å². The van der Waals surface area contributed by atoms with Gasteiger partial charge in [0.2, 0.25) is 0 Å². The zero-order valence-corrected chi connectivity index (χ0v) is 26.9. The van der Waals surface area contributed by atoms with Crippen LogP contribution in [0.25, 0.3) is 22.5 Å². The minimum absolute atomic E-state index is 0.0889. The highest BCUT2D eigenvalue weighted by Gasteiger charge is 2.46. The molecule has 6 rings (SSSR count). The Labute approximate surface area is 275 Å². The smallest absolute Gasteiger partial charge is 0.434 e. The maximum absolute atomic E-state index is 14.7. The van der Waals surface area contributed by atoms with Crippen molar-refractivity contribution in [2.24, 2.45) is 4.99 Å². The van der Waals surface area contributed by atoms with Crippen molar-refractivity contribution in [3.05, 3.63) is 126 Å². The van der Waals surface area contributed by atoms with Crippen LogP contribution in [0.3, 0.4) is 0 Å². The van der Waals surface area contributed by atoms with Gasteiger partial charge in [-0.1, -0.05) is 41.7 Å². The summed E-state index contributed by atoms with van der Waals surface area (Å²) >= 11 is 0.772. The van der Waals surface area contributed by atoms with Gasteiger partial charge in [0.25, 0.3) is 5.56 Å². The summed E-state index contributed by atoms with van der Waals surface area (Å²) in [4.78, 5) is 42.7. The Bertz CT molecular complexity index is 2330. The quantitative estimate of drug-likeness (QED) is 0.225. The number of allylic oxidation sites excluding steroid dienone is 1. The van der Waals surface area contributed by atoms with Gasteiger partial charge in [-0.15, -0.1) is 0 Å². The molecule has 9 nitrogen and oxygen atoms in total. The zero-order valence-electron chi connectivity index (χ0n) is 26.1. The lowest BCUT2D eigenvalue weighted by atomic mass is 9.90. The van der Waals surface area contributed by atoms with Gasteiger partial charge < -0.3 is 19.1 Å². The van der Waals surface area contributed by atoms with Crippen LogP contribution in [-0.4, -0.2) is 46.1 Å². The first-order chi connectivity index (χ1) is 22.8. The van der Waals surface area contributed by atoms with E-state index in [2.05, 4.69) is 4.99 Å². The van der Waals surface area contributed by atoms with E-state index >= 15 is 0 Å². The number of aromatic carboxylic acids is 1. The molecular weight excluding hydrogens is 647 g/mol. The second-order valence-electron chi connectivity index (χ2n) is 11.0. The fourth-order valence-corrected chi connectivity index (χ4v) is 7.07. The molecule has 0 aliphatic carbocycles. The van der Waals surface area contributed by atoms with Crippen LogP contribution in [0.2, 0.25) is 0 Å². The van der Waals surface area contributed by atoms with Crippen LogP contribution in [0.4, 0.5) is 13.2 Å². The van der Waals surface area contributed by atoms with Crippen molar-refractivity contribution in [2.45, 2.75) is 33.0 Å². The predicted octanol–water partition coefficient (Wildman–Crippen LogP) is 5.61. The van der Waals surface area contributed by atoms with Gasteiger partial charge in [-0.25, -0.2) is 14.6 Å². The number of carboxylic acid groups (broad SMARTS) is 1. The van der Waals surface area contributed by atoms with Crippen LogP contribution in [0, 0.1) is 13.8 Å². The van der Waals surface area contributed by atoms with Gasteiger partial charge in [0.15, 0.2) is 10.5 Å². The highest BCUT2D eigenvalue weighted by atomic mass is 32.1. The number of rotatable bonds is 7. The van der Waals surface area contributed by atoms with Crippen LogP contribution >= 0.6 is 11.3 Å². The lowest BCUT2D eigenvalue weighted by Gasteiger charge is -2.28. The summed E-state index contributed by atoms with van der Waals surface area (Å²) in [7, 11) is 1.36. The van der Waals surface area contributed by atoms with Gasteiger partial charge in [0.05, 0.1) is 29.4 Å². The number of aryl methyl sites for hydroxylation is 1. The number of aromatic nitrogens is 2. The number of benzene rings is 3. The van der Waals surface area contributed by atoms with E-state index in [9.17, 15) is 32.7 Å². The summed E-state index contributed by atoms with van der Waals surface area (Å²) in [5.41, 5.74) is 0.170. The van der Waals surface area contributed by atoms with Crippen molar-refractivity contribution >= 4 is 40.1 Å². The first-order valence-electron chi connectivity index (χ1n) is 14.7. The summed E-state index contributed by atoms with van der Waals surface area (Å²) in [6, 6.07) is 16.8. The molecule has 0 radical (unpaired) electrons. The molecule has 0 saturated carbocycles. The number of hydrogen-bond donors (Lipinski definition) is 1. The summed E-state index contributed by atoms with van der Waals surface area (Å²) in [5.74, 6) is -2.13. The normalized spacial score (nSPS) is 15.0. The number of fused-ring (bicyclic) bond motifs is 2. The van der Waals surface area contributed by atoms with Gasteiger partial charge >= 0.3 is 18.1 Å². The molecule has 2 aromatic heterocycles. The molecule has 0 saturated heterocycles. The number of thiazole rings is 1. The SMILES string of the molecule is CCOC(=O)C1=C(C(F)(F)F)N=c2s/c(=C\c3cc(C)n(-c4ccc(C(=O)O)cc4)c3C)c(=O)n2[C@@H]1c1c(OC)ccc2ccccc12. The van der Waals surface area contributed by atoms with Crippen LogP contribution in [-0.2, 0) is 9.53 Å². The third kappa shape index (κ3) is 5.49. The number of esters is 1. The largest absolute Gasteiger partial charge is 0.496 e. The van der Waals surface area contributed by atoms with Gasteiger partial charge in [0.1, 0.15) is 11.8 Å². The van der Waals surface area contributed by atoms with E-state index in [1.807, 2.05) is 24.5 Å². The number of carboxylic acids is 1. The summed E-state index contributed by atoms with van der Waals surface area (Å²) in [6.45, 7) is 4.92. The third-order valence-corrected chi connectivity index (χ3v) is 9.13. The van der Waals surface area contributed by atoms with E-state index in [0.29, 0.717) is 27.7 Å². The van der Waals surface area contributed by atoms with Crippen molar-refractivity contribution in [3.8, 4) is 11.4 Å². The molecule has 48 heavy (non-hydrogen) atoms. The van der Waals surface area contributed by atoms with Gasteiger partial charge in [-0.05, 0) is 79.6 Å². The molecular formula is C35H28F3N3O6S. The highest BCUT2D eigenvalue weighted by molar-refractivity contribution is 7.07. The Morgan fingerprint density at radius 3 is 2.42 bits per heavy atom. The lowest BCUT2D eigenvalue weighted by Crippen LogP contribution is -2.41. The lowest BCUT2D eigenvalue weighted by molar-refractivity contribution is -0.140. The Balaban J connectivity index is 1.63. The first kappa shape index (κ1) is 32.5. The minimum Gasteiger partial charge on any atom is -0.496 e. The standard InChI is InChI=1S/C35H28F3N3O6S/c1-5-47-33(45)28-29(27-24-9-7-6-8-20(24)12-15-25(27)46-4)41-31(42)26(48-34(41)39-30(28)35(36,37)38)17-22-16-18(2)40(19(22)3)23-13-10-21(11-14-23)32(43)44/h6-17,29H,5H2,1-4H3,(H,43,44)/b26-17-/t29-/m1/s1. The number of nitrogens with zero attached hydrogens (tertiary/aromatic N) is 3. The number of halogens is 3. The van der Waals surface area contributed by atoms with E-state index in [4.69, 9.17) is 9.47 Å². The average Bonchev–Trinajstić information content (AvgIpc) is 3.52. The topological polar surface area (TPSA) is 112 Å². The average molecular weight is 676 g/mol. The fourth-order valence-electron chi connectivity index (χ4n) is 6.07. The number of alkyl halides is 3. The Hall–Kier alpha value is -5.43. The zero-order chi connectivity index (χ0) is 34.5. The molecule has 0 amide bonds. The Morgan fingerprint density at radius 2 is 1.77 bits per heavy atom. The molecule has 5 aromatic rings. The van der Waals surface area contributed by atoms with Gasteiger partial charge in [-0.2, -0.15) is 13.2 Å². The minimum atomic E-state index is -5.06. The van der Waals surface area contributed by atoms with Crippen molar-refractivity contribution in [3.63, 3.8) is 0 Å². The molecule has 0 fully saturated rings. The maximum Gasteiger partial charge on any atom is 0.434 e. The van der Waals surface area contributed by atoms with E-state index in [-0.39, 0.29) is 32.8 Å². The second-order valence-corrected chi connectivity index (χ2v) is 12.0. The first-order valence-corrected chi connectivity index (χ1v) is 15.6. The fraction of sp³-hybridized carbons (Fsp3) is 0.200. The molecule has 1 atom stereocenters. The summed E-state index contributed by atoms with van der Waals surface area (Å²) in [5, 5.41) is 10.4. The van der Waals surface area contributed by atoms with E-state index in [1.165, 1.54) is 26.2 Å². The molecule has 1 aliphatic heterocycles. The number of ether oxygens (including phenoxy) is 2. The highest BCUT2D eigenvalue weighted by Crippen LogP contribution is 2.43. The van der Waals surface area contributed by atoms with Crippen molar-refractivity contribution < 1.29 is 37.3 Å². The van der Waals surface area contributed by atoms with Gasteiger partial charge in [-0.3, -0.25) is 9.36 Å².